The number of anilines is 2. The lowest BCUT2D eigenvalue weighted by Crippen LogP contribution is -2.50. The van der Waals surface area contributed by atoms with Crippen molar-refractivity contribution in [2.45, 2.75) is 38.2 Å². The molecule has 0 spiro atoms. The summed E-state index contributed by atoms with van der Waals surface area (Å²) < 4.78 is 22.2. The first-order chi connectivity index (χ1) is 19.6. The molecule has 0 saturated carbocycles. The van der Waals surface area contributed by atoms with Gasteiger partial charge in [-0.15, -0.1) is 5.10 Å². The topological polar surface area (TPSA) is 89.6 Å². The van der Waals surface area contributed by atoms with E-state index in [1.54, 1.807) is 6.07 Å². The third-order valence-electron chi connectivity index (χ3n) is 8.96. The van der Waals surface area contributed by atoms with E-state index in [9.17, 15) is 9.65 Å². The Kier molecular flexibility index (Phi) is 7.74. The molecule has 4 fully saturated rings. The van der Waals surface area contributed by atoms with Crippen molar-refractivity contribution in [1.82, 2.24) is 14.7 Å². The summed E-state index contributed by atoms with van der Waals surface area (Å²) in [6, 6.07) is 17.0. The van der Waals surface area contributed by atoms with Gasteiger partial charge in [0.2, 0.25) is 0 Å². The molecular formula is C31H37FN6O2. The van der Waals surface area contributed by atoms with E-state index in [4.69, 9.17) is 14.9 Å². The smallest absolute Gasteiger partial charge is 0.149 e. The van der Waals surface area contributed by atoms with Crippen LogP contribution in [0.2, 0.25) is 0 Å². The number of nitrogens with one attached hydrogen (secondary N) is 1. The number of piperidine rings is 4. The van der Waals surface area contributed by atoms with Gasteiger partial charge in [-0.3, -0.25) is 0 Å². The molecule has 40 heavy (non-hydrogen) atoms. The van der Waals surface area contributed by atoms with Gasteiger partial charge in [0.1, 0.15) is 17.7 Å². The van der Waals surface area contributed by atoms with Crippen LogP contribution < -0.4 is 10.2 Å². The van der Waals surface area contributed by atoms with E-state index in [1.807, 2.05) is 16.8 Å². The largest absolute Gasteiger partial charge is 0.394 e. The molecule has 0 unspecified atom stereocenters. The van der Waals surface area contributed by atoms with E-state index in [0.29, 0.717) is 17.6 Å². The lowest BCUT2D eigenvalue weighted by Gasteiger charge is -2.48. The van der Waals surface area contributed by atoms with Gasteiger partial charge < -0.3 is 25.0 Å². The van der Waals surface area contributed by atoms with E-state index < -0.39 is 5.82 Å². The first kappa shape index (κ1) is 26.8. The zero-order valence-corrected chi connectivity index (χ0v) is 22.9. The highest BCUT2D eigenvalue weighted by molar-refractivity contribution is 5.67. The molecule has 2 aromatic carbocycles. The van der Waals surface area contributed by atoms with Gasteiger partial charge in [0.05, 0.1) is 36.3 Å². The summed E-state index contributed by atoms with van der Waals surface area (Å²) in [5.74, 6) is 0.244. The number of fused-ring (bicyclic) bond motifs is 3. The third-order valence-corrected chi connectivity index (χ3v) is 8.96. The minimum absolute atomic E-state index is 0.0331. The molecule has 7 rings (SSSR count). The summed E-state index contributed by atoms with van der Waals surface area (Å²) in [5, 5.41) is 26.8. The quantitative estimate of drug-likeness (QED) is 0.412. The van der Waals surface area contributed by atoms with Crippen LogP contribution in [0.15, 0.2) is 48.5 Å². The van der Waals surface area contributed by atoms with Crippen molar-refractivity contribution in [3.8, 4) is 23.0 Å². The van der Waals surface area contributed by atoms with Crippen LogP contribution >= 0.6 is 0 Å². The lowest BCUT2D eigenvalue weighted by atomic mass is 9.72. The third kappa shape index (κ3) is 5.57. The van der Waals surface area contributed by atoms with E-state index in [1.165, 1.54) is 51.0 Å². The van der Waals surface area contributed by atoms with Crippen molar-refractivity contribution in [3.63, 3.8) is 0 Å². The van der Waals surface area contributed by atoms with Gasteiger partial charge in [0.25, 0.3) is 0 Å². The summed E-state index contributed by atoms with van der Waals surface area (Å²) in [5.41, 5.74) is 3.83. The molecular weight excluding hydrogens is 507 g/mol. The second-order valence-corrected chi connectivity index (χ2v) is 11.4. The molecule has 0 radical (unpaired) electrons. The number of halogens is 1. The molecule has 8 nitrogen and oxygen atoms in total. The van der Waals surface area contributed by atoms with Crippen molar-refractivity contribution in [1.29, 1.82) is 5.26 Å². The van der Waals surface area contributed by atoms with Crippen molar-refractivity contribution >= 4 is 11.5 Å². The monoisotopic (exact) mass is 544 g/mol. The van der Waals surface area contributed by atoms with Crippen LogP contribution in [0, 0.1) is 22.6 Å². The molecule has 0 amide bonds. The van der Waals surface area contributed by atoms with Crippen LogP contribution in [0.5, 0.6) is 0 Å². The second kappa shape index (κ2) is 11.6. The minimum Gasteiger partial charge on any atom is -0.394 e. The number of benzene rings is 2. The maximum Gasteiger partial charge on any atom is 0.149 e. The Morgan fingerprint density at radius 1 is 1.00 bits per heavy atom. The molecule has 2 bridgehead atoms. The number of aromatic nitrogens is 2. The van der Waals surface area contributed by atoms with Gasteiger partial charge in [-0.25, -0.2) is 9.07 Å². The Labute approximate surface area is 235 Å². The van der Waals surface area contributed by atoms with Crippen LogP contribution in [-0.2, 0) is 4.74 Å². The second-order valence-electron chi connectivity index (χ2n) is 11.4. The number of hydrogen-bond acceptors (Lipinski definition) is 7. The Hall–Kier alpha value is -3.45. The molecule has 0 atom stereocenters. The molecule has 210 valence electrons. The highest BCUT2D eigenvalue weighted by atomic mass is 19.1. The van der Waals surface area contributed by atoms with Crippen LogP contribution in [0.1, 0.15) is 37.7 Å². The number of aliphatic hydroxyl groups is 1. The molecule has 2 N–H and O–H groups in total. The summed E-state index contributed by atoms with van der Waals surface area (Å²) in [6.45, 7) is 6.66. The van der Waals surface area contributed by atoms with Crippen molar-refractivity contribution in [2.75, 3.05) is 62.7 Å². The average molecular weight is 545 g/mol. The predicted molar refractivity (Wildman–Crippen MR) is 153 cm³/mol. The normalized spacial score (nSPS) is 22.8. The highest BCUT2D eigenvalue weighted by Gasteiger charge is 2.39. The maximum absolute atomic E-state index is 14.6. The van der Waals surface area contributed by atoms with E-state index in [-0.39, 0.29) is 18.3 Å². The van der Waals surface area contributed by atoms with Crippen molar-refractivity contribution < 1.29 is 14.2 Å². The molecule has 1 aromatic heterocycles. The van der Waals surface area contributed by atoms with Gasteiger partial charge in [-0.2, -0.15) is 5.26 Å². The molecule has 4 aliphatic rings. The molecule has 5 heterocycles. The maximum atomic E-state index is 14.6. The van der Waals surface area contributed by atoms with Crippen molar-refractivity contribution in [2.24, 2.45) is 5.41 Å². The Balaban J connectivity index is 1.23. The SMILES string of the molecule is N#Cc1ccc(-c2cc(NCC34CCN(CC3)CC4)nn2-c2ccc(N3CCC(OCCO)CC3)cc2)cc1F. The Bertz CT molecular complexity index is 1340. The zero-order chi connectivity index (χ0) is 27.5. The first-order valence-corrected chi connectivity index (χ1v) is 14.4. The predicted octanol–water partition coefficient (Wildman–Crippen LogP) is 4.43. The molecule has 3 aromatic rings. The van der Waals surface area contributed by atoms with Crippen molar-refractivity contribution in [3.05, 3.63) is 59.9 Å². The summed E-state index contributed by atoms with van der Waals surface area (Å²) >= 11 is 0. The van der Waals surface area contributed by atoms with Gasteiger partial charge >= 0.3 is 0 Å². The van der Waals surface area contributed by atoms with E-state index >= 15 is 0 Å². The fourth-order valence-electron chi connectivity index (χ4n) is 6.38. The molecule has 9 heteroatoms. The Morgan fingerprint density at radius 2 is 1.70 bits per heavy atom. The van der Waals surface area contributed by atoms with E-state index in [2.05, 4.69) is 39.4 Å². The fraction of sp³-hybridized carbons (Fsp3) is 0.484. The minimum atomic E-state index is -0.531. The number of aliphatic hydroxyl groups excluding tert-OH is 1. The highest BCUT2D eigenvalue weighted by Crippen LogP contribution is 2.40. The van der Waals surface area contributed by atoms with Gasteiger partial charge in [0, 0.05) is 37.0 Å². The average Bonchev–Trinajstić information content (AvgIpc) is 3.45. The molecule has 4 aliphatic heterocycles. The van der Waals surface area contributed by atoms with Crippen LogP contribution in [-0.4, -0.2) is 78.4 Å². The summed E-state index contributed by atoms with van der Waals surface area (Å²) in [7, 11) is 0. The van der Waals surface area contributed by atoms with E-state index in [0.717, 1.165) is 55.4 Å². The Morgan fingerprint density at radius 3 is 2.35 bits per heavy atom. The summed E-state index contributed by atoms with van der Waals surface area (Å²) in [4.78, 5) is 4.90. The number of ether oxygens (including phenoxy) is 1. The fourth-order valence-corrected chi connectivity index (χ4v) is 6.38. The van der Waals surface area contributed by atoms with Gasteiger partial charge in [-0.1, -0.05) is 6.07 Å². The van der Waals surface area contributed by atoms with Gasteiger partial charge in [0.15, 0.2) is 0 Å². The first-order valence-electron chi connectivity index (χ1n) is 14.4. The number of hydrogen-bond donors (Lipinski definition) is 2. The summed E-state index contributed by atoms with van der Waals surface area (Å²) in [6.07, 6.45) is 5.70. The van der Waals surface area contributed by atoms with Crippen LogP contribution in [0.4, 0.5) is 15.9 Å². The lowest BCUT2D eigenvalue weighted by molar-refractivity contribution is 0.0159. The van der Waals surface area contributed by atoms with Crippen LogP contribution in [0.25, 0.3) is 16.9 Å². The number of rotatable bonds is 9. The number of nitriles is 1. The van der Waals surface area contributed by atoms with Gasteiger partial charge in [-0.05, 0) is 93.6 Å². The van der Waals surface area contributed by atoms with Crippen LogP contribution in [0.3, 0.4) is 0 Å². The molecule has 0 aliphatic carbocycles. The number of nitrogens with zero attached hydrogens (tertiary/aromatic N) is 5. The molecule has 4 saturated heterocycles. The standard InChI is InChI=1S/C31H37FN6O2/c32-28-19-23(1-2-24(28)21-33)29-20-30(34-22-31-9-14-36(15-10-31)16-11-31)35-38(29)26-5-3-25(4-6-26)37-12-7-27(8-13-37)40-18-17-39/h1-6,19-20,27,39H,7-18,22H2,(H,34,35). The zero-order valence-electron chi connectivity index (χ0n) is 22.9.